The molecule has 3 heteroatoms. The third kappa shape index (κ3) is 2.81. The fraction of sp³-hybridized carbons (Fsp3) is 0.500. The van der Waals surface area contributed by atoms with Crippen molar-refractivity contribution in [2.45, 2.75) is 26.2 Å². The number of benzene rings is 1. The SMILES string of the molecule is CCN(CC1CCC1)c1ccc(C#N)c(Br)c1. The summed E-state index contributed by atoms with van der Waals surface area (Å²) in [5.41, 5.74) is 1.92. The van der Waals surface area contributed by atoms with Gasteiger partial charge in [0.25, 0.3) is 0 Å². The number of nitriles is 1. The minimum absolute atomic E-state index is 0.702. The van der Waals surface area contributed by atoms with Crippen molar-refractivity contribution >= 4 is 21.6 Å². The van der Waals surface area contributed by atoms with E-state index in [1.165, 1.54) is 24.9 Å². The van der Waals surface area contributed by atoms with Crippen molar-refractivity contribution in [1.82, 2.24) is 0 Å². The summed E-state index contributed by atoms with van der Waals surface area (Å²) in [6, 6.07) is 8.17. The molecule has 1 aliphatic carbocycles. The monoisotopic (exact) mass is 292 g/mol. The smallest absolute Gasteiger partial charge is 0.100 e. The summed E-state index contributed by atoms with van der Waals surface area (Å²) in [6.07, 6.45) is 4.13. The summed E-state index contributed by atoms with van der Waals surface area (Å²) in [4.78, 5) is 2.40. The maximum Gasteiger partial charge on any atom is 0.100 e. The summed E-state index contributed by atoms with van der Waals surface area (Å²) >= 11 is 3.45. The van der Waals surface area contributed by atoms with E-state index in [0.717, 1.165) is 23.5 Å². The van der Waals surface area contributed by atoms with Crippen LogP contribution < -0.4 is 4.90 Å². The maximum atomic E-state index is 8.90. The molecule has 1 aromatic rings. The van der Waals surface area contributed by atoms with E-state index in [2.05, 4.69) is 39.9 Å². The molecule has 0 saturated heterocycles. The minimum Gasteiger partial charge on any atom is -0.372 e. The number of halogens is 1. The Morgan fingerprint density at radius 2 is 2.24 bits per heavy atom. The van der Waals surface area contributed by atoms with Gasteiger partial charge in [-0.1, -0.05) is 6.42 Å². The Morgan fingerprint density at radius 3 is 2.71 bits per heavy atom. The van der Waals surface area contributed by atoms with Crippen LogP contribution in [0.15, 0.2) is 22.7 Å². The molecule has 0 atom stereocenters. The second-order valence-corrected chi connectivity index (χ2v) is 5.47. The molecule has 0 amide bonds. The Morgan fingerprint density at radius 1 is 1.47 bits per heavy atom. The summed E-state index contributed by atoms with van der Waals surface area (Å²) in [7, 11) is 0. The van der Waals surface area contributed by atoms with Gasteiger partial charge in [-0.2, -0.15) is 5.26 Å². The predicted molar refractivity (Wildman–Crippen MR) is 74.1 cm³/mol. The molecule has 90 valence electrons. The van der Waals surface area contributed by atoms with Crippen LogP contribution in [0.5, 0.6) is 0 Å². The van der Waals surface area contributed by atoms with Gasteiger partial charge >= 0.3 is 0 Å². The molecule has 17 heavy (non-hydrogen) atoms. The highest BCUT2D eigenvalue weighted by Crippen LogP contribution is 2.30. The van der Waals surface area contributed by atoms with E-state index in [-0.39, 0.29) is 0 Å². The Kier molecular flexibility index (Phi) is 4.06. The Labute approximate surface area is 111 Å². The van der Waals surface area contributed by atoms with Crippen molar-refractivity contribution < 1.29 is 0 Å². The van der Waals surface area contributed by atoms with Gasteiger partial charge in [0.15, 0.2) is 0 Å². The highest BCUT2D eigenvalue weighted by atomic mass is 79.9. The second-order valence-electron chi connectivity index (χ2n) is 4.61. The number of nitrogens with zero attached hydrogens (tertiary/aromatic N) is 2. The largest absolute Gasteiger partial charge is 0.372 e. The molecule has 2 nitrogen and oxygen atoms in total. The van der Waals surface area contributed by atoms with E-state index in [1.54, 1.807) is 0 Å². The first-order chi connectivity index (χ1) is 8.24. The van der Waals surface area contributed by atoms with Crippen molar-refractivity contribution in [3.05, 3.63) is 28.2 Å². The van der Waals surface area contributed by atoms with Crippen LogP contribution in [0, 0.1) is 17.2 Å². The van der Waals surface area contributed by atoms with Crippen molar-refractivity contribution in [2.24, 2.45) is 5.92 Å². The zero-order valence-electron chi connectivity index (χ0n) is 10.1. The van der Waals surface area contributed by atoms with Crippen molar-refractivity contribution in [2.75, 3.05) is 18.0 Å². The van der Waals surface area contributed by atoms with Gasteiger partial charge in [0.05, 0.1) is 5.56 Å². The molecule has 1 aliphatic rings. The predicted octanol–water partition coefficient (Wildman–Crippen LogP) is 3.95. The normalized spacial score (nSPS) is 15.1. The van der Waals surface area contributed by atoms with Gasteiger partial charge in [0.1, 0.15) is 6.07 Å². The summed E-state index contributed by atoms with van der Waals surface area (Å²) in [5, 5.41) is 8.90. The van der Waals surface area contributed by atoms with Gasteiger partial charge in [-0.3, -0.25) is 0 Å². The highest BCUT2D eigenvalue weighted by molar-refractivity contribution is 9.10. The lowest BCUT2D eigenvalue weighted by molar-refractivity contribution is 0.318. The van der Waals surface area contributed by atoms with Gasteiger partial charge < -0.3 is 4.90 Å². The standard InChI is InChI=1S/C14H17BrN2/c1-2-17(10-11-4-3-5-11)13-7-6-12(9-16)14(15)8-13/h6-8,11H,2-5,10H2,1H3. The van der Waals surface area contributed by atoms with E-state index in [9.17, 15) is 0 Å². The third-order valence-corrected chi connectivity index (χ3v) is 4.18. The maximum absolute atomic E-state index is 8.90. The molecule has 1 saturated carbocycles. The second kappa shape index (κ2) is 5.55. The van der Waals surface area contributed by atoms with E-state index in [0.29, 0.717) is 5.56 Å². The van der Waals surface area contributed by atoms with Crippen LogP contribution in [0.25, 0.3) is 0 Å². The summed E-state index contributed by atoms with van der Waals surface area (Å²) in [6.45, 7) is 4.36. The zero-order valence-corrected chi connectivity index (χ0v) is 11.7. The summed E-state index contributed by atoms with van der Waals surface area (Å²) in [5.74, 6) is 0.865. The topological polar surface area (TPSA) is 27.0 Å². The minimum atomic E-state index is 0.702. The molecule has 0 aliphatic heterocycles. The lowest BCUT2D eigenvalue weighted by Crippen LogP contribution is -2.32. The fourth-order valence-electron chi connectivity index (χ4n) is 2.20. The molecule has 0 aromatic heterocycles. The number of rotatable bonds is 4. The molecular weight excluding hydrogens is 276 g/mol. The van der Waals surface area contributed by atoms with Crippen LogP contribution in [0.4, 0.5) is 5.69 Å². The lowest BCUT2D eigenvalue weighted by atomic mass is 9.85. The first-order valence-electron chi connectivity index (χ1n) is 6.19. The van der Waals surface area contributed by atoms with Crippen molar-refractivity contribution in [3.8, 4) is 6.07 Å². The first kappa shape index (κ1) is 12.4. The zero-order chi connectivity index (χ0) is 12.3. The average Bonchev–Trinajstić information content (AvgIpc) is 2.28. The number of hydrogen-bond donors (Lipinski definition) is 0. The molecule has 0 spiro atoms. The molecule has 1 aromatic carbocycles. The molecule has 0 unspecified atom stereocenters. The quantitative estimate of drug-likeness (QED) is 0.840. The first-order valence-corrected chi connectivity index (χ1v) is 6.98. The average molecular weight is 293 g/mol. The molecule has 0 radical (unpaired) electrons. The van der Waals surface area contributed by atoms with Crippen LogP contribution in [0.1, 0.15) is 31.7 Å². The van der Waals surface area contributed by atoms with Crippen LogP contribution in [-0.4, -0.2) is 13.1 Å². The highest BCUT2D eigenvalue weighted by Gasteiger charge is 2.20. The summed E-state index contributed by atoms with van der Waals surface area (Å²) < 4.78 is 0.893. The van der Waals surface area contributed by atoms with Gasteiger partial charge in [0.2, 0.25) is 0 Å². The molecule has 2 rings (SSSR count). The van der Waals surface area contributed by atoms with Crippen molar-refractivity contribution in [1.29, 1.82) is 5.26 Å². The molecule has 1 fully saturated rings. The molecule has 0 N–H and O–H groups in total. The Hall–Kier alpha value is -1.01. The van der Waals surface area contributed by atoms with Gasteiger partial charge in [0, 0.05) is 23.2 Å². The van der Waals surface area contributed by atoms with Crippen LogP contribution in [-0.2, 0) is 0 Å². The van der Waals surface area contributed by atoms with E-state index < -0.39 is 0 Å². The molecule has 0 bridgehead atoms. The van der Waals surface area contributed by atoms with Crippen LogP contribution in [0.3, 0.4) is 0 Å². The van der Waals surface area contributed by atoms with E-state index >= 15 is 0 Å². The van der Waals surface area contributed by atoms with Crippen LogP contribution in [0.2, 0.25) is 0 Å². The van der Waals surface area contributed by atoms with Gasteiger partial charge in [-0.15, -0.1) is 0 Å². The van der Waals surface area contributed by atoms with Gasteiger partial charge in [-0.25, -0.2) is 0 Å². The number of anilines is 1. The third-order valence-electron chi connectivity index (χ3n) is 3.52. The van der Waals surface area contributed by atoms with E-state index in [1.807, 2.05) is 12.1 Å². The fourth-order valence-corrected chi connectivity index (χ4v) is 2.65. The number of hydrogen-bond acceptors (Lipinski definition) is 2. The lowest BCUT2D eigenvalue weighted by Gasteiger charge is -2.33. The molecule has 0 heterocycles. The van der Waals surface area contributed by atoms with Crippen molar-refractivity contribution in [3.63, 3.8) is 0 Å². The van der Waals surface area contributed by atoms with E-state index in [4.69, 9.17) is 5.26 Å². The molecular formula is C14H17BrN2. The Bertz CT molecular complexity index is 432. The Balaban J connectivity index is 2.13. The van der Waals surface area contributed by atoms with Gasteiger partial charge in [-0.05, 0) is 59.8 Å². The van der Waals surface area contributed by atoms with Crippen LogP contribution >= 0.6 is 15.9 Å².